The Morgan fingerprint density at radius 1 is 1.19 bits per heavy atom. The van der Waals surface area contributed by atoms with Crippen molar-refractivity contribution in [3.8, 4) is 16.8 Å². The van der Waals surface area contributed by atoms with E-state index < -0.39 is 45.8 Å². The Balaban J connectivity index is 2.52. The van der Waals surface area contributed by atoms with Gasteiger partial charge in [0.05, 0.1) is 5.69 Å². The molecular formula is C16H11FN4O5. The van der Waals surface area contributed by atoms with Crippen LogP contribution in [-0.2, 0) is 0 Å². The maximum absolute atomic E-state index is 13.9. The number of hydrogen-bond donors (Lipinski definition) is 4. The van der Waals surface area contributed by atoms with Gasteiger partial charge < -0.3 is 20.9 Å². The number of benzene rings is 1. The zero-order chi connectivity index (χ0) is 19.0. The maximum Gasteiger partial charge on any atom is 0.342 e. The molecule has 3 rings (SSSR count). The number of nitrogen functional groups attached to an aromatic ring is 1. The molecule has 0 saturated carbocycles. The van der Waals surface area contributed by atoms with Crippen molar-refractivity contribution in [3.63, 3.8) is 0 Å². The van der Waals surface area contributed by atoms with E-state index in [0.717, 1.165) is 12.1 Å². The van der Waals surface area contributed by atoms with Gasteiger partial charge in [-0.1, -0.05) is 0 Å². The van der Waals surface area contributed by atoms with Crippen LogP contribution in [0.3, 0.4) is 0 Å². The molecule has 132 valence electrons. The van der Waals surface area contributed by atoms with Gasteiger partial charge in [-0.15, -0.1) is 0 Å². The molecule has 0 unspecified atom stereocenters. The Hall–Kier alpha value is -3.95. The average molecular weight is 358 g/mol. The lowest BCUT2D eigenvalue weighted by molar-refractivity contribution is 0.0695. The third-order valence-corrected chi connectivity index (χ3v) is 3.65. The number of nitrogens with zero attached hydrogens (tertiary/aromatic N) is 2. The number of carboxylic acid groups (broad SMARTS) is 2. The van der Waals surface area contributed by atoms with Crippen LogP contribution < -0.4 is 11.3 Å². The van der Waals surface area contributed by atoms with Crippen LogP contribution in [0.4, 0.5) is 10.2 Å². The number of carbonyl (C=O) groups is 2. The molecule has 0 saturated heterocycles. The largest absolute Gasteiger partial charge is 0.478 e. The Morgan fingerprint density at radius 3 is 2.46 bits per heavy atom. The van der Waals surface area contributed by atoms with Gasteiger partial charge in [0.2, 0.25) is 0 Å². The fourth-order valence-corrected chi connectivity index (χ4v) is 2.64. The summed E-state index contributed by atoms with van der Waals surface area (Å²) < 4.78 is 15.2. The maximum atomic E-state index is 13.9. The lowest BCUT2D eigenvalue weighted by atomic mass is 9.94. The Bertz CT molecular complexity index is 1090. The molecule has 9 nitrogen and oxygen atoms in total. The van der Waals surface area contributed by atoms with E-state index in [0.29, 0.717) is 0 Å². The fourth-order valence-electron chi connectivity index (χ4n) is 2.64. The quantitative estimate of drug-likeness (QED) is 0.549. The summed E-state index contributed by atoms with van der Waals surface area (Å²) in [6.07, 6.45) is 2.92. The Labute approximate surface area is 144 Å². The topological polar surface area (TPSA) is 151 Å². The van der Waals surface area contributed by atoms with Crippen molar-refractivity contribution >= 4 is 17.8 Å². The molecule has 10 heteroatoms. The normalized spacial score (nSPS) is 10.7. The first kappa shape index (κ1) is 16.9. The molecule has 0 atom stereocenters. The minimum absolute atomic E-state index is 0.152. The number of pyridine rings is 1. The minimum atomic E-state index is -1.68. The Kier molecular flexibility index (Phi) is 4.01. The number of carboxylic acids is 2. The molecule has 3 aromatic rings. The van der Waals surface area contributed by atoms with Crippen LogP contribution in [-0.4, -0.2) is 36.9 Å². The second-order valence-electron chi connectivity index (χ2n) is 5.22. The third-order valence-electron chi connectivity index (χ3n) is 3.65. The number of anilines is 1. The minimum Gasteiger partial charge on any atom is -0.478 e. The van der Waals surface area contributed by atoms with Crippen LogP contribution in [0.2, 0.25) is 0 Å². The zero-order valence-corrected chi connectivity index (χ0v) is 12.9. The summed E-state index contributed by atoms with van der Waals surface area (Å²) in [5.74, 6) is -4.56. The van der Waals surface area contributed by atoms with Crippen molar-refractivity contribution in [2.24, 2.45) is 0 Å². The third kappa shape index (κ3) is 2.69. The van der Waals surface area contributed by atoms with Crippen LogP contribution in [0.25, 0.3) is 16.8 Å². The smallest absolute Gasteiger partial charge is 0.342 e. The number of nitrogens with two attached hydrogens (primary N) is 1. The number of H-pyrrole nitrogens is 1. The number of nitrogens with one attached hydrogen (secondary N) is 1. The molecule has 0 bridgehead atoms. The van der Waals surface area contributed by atoms with Crippen molar-refractivity contribution in [2.75, 3.05) is 5.73 Å². The highest BCUT2D eigenvalue weighted by atomic mass is 19.1. The van der Waals surface area contributed by atoms with Crippen LogP contribution in [0.15, 0.2) is 41.5 Å². The lowest BCUT2D eigenvalue weighted by Crippen LogP contribution is -2.24. The monoisotopic (exact) mass is 358 g/mol. The molecule has 0 aliphatic rings. The van der Waals surface area contributed by atoms with E-state index in [1.165, 1.54) is 23.1 Å². The number of hydrogen-bond acceptors (Lipinski definition) is 5. The highest BCUT2D eigenvalue weighted by molar-refractivity contribution is 6.08. The summed E-state index contributed by atoms with van der Waals surface area (Å²) in [5, 5.41) is 22.9. The molecule has 0 aliphatic heterocycles. The lowest BCUT2D eigenvalue weighted by Gasteiger charge is -2.15. The van der Waals surface area contributed by atoms with E-state index in [2.05, 4.69) is 5.10 Å². The van der Waals surface area contributed by atoms with Gasteiger partial charge >= 0.3 is 11.9 Å². The van der Waals surface area contributed by atoms with E-state index in [1.807, 2.05) is 4.98 Å². The summed E-state index contributed by atoms with van der Waals surface area (Å²) in [4.78, 5) is 37.4. The predicted molar refractivity (Wildman–Crippen MR) is 87.9 cm³/mol. The molecule has 26 heavy (non-hydrogen) atoms. The van der Waals surface area contributed by atoms with Crippen molar-refractivity contribution < 1.29 is 24.2 Å². The first-order chi connectivity index (χ1) is 12.3. The zero-order valence-electron chi connectivity index (χ0n) is 12.9. The average Bonchev–Trinajstić information content (AvgIpc) is 3.07. The summed E-state index contributed by atoms with van der Waals surface area (Å²) in [5.41, 5.74) is 2.49. The second kappa shape index (κ2) is 6.16. The Morgan fingerprint density at radius 2 is 1.88 bits per heavy atom. The van der Waals surface area contributed by atoms with E-state index in [4.69, 9.17) is 5.73 Å². The second-order valence-corrected chi connectivity index (χ2v) is 5.22. The number of aromatic amines is 1. The van der Waals surface area contributed by atoms with Gasteiger partial charge in [0, 0.05) is 23.5 Å². The van der Waals surface area contributed by atoms with Crippen LogP contribution >= 0.6 is 0 Å². The van der Waals surface area contributed by atoms with Gasteiger partial charge in [0.15, 0.2) is 0 Å². The molecule has 0 amide bonds. The first-order valence-corrected chi connectivity index (χ1v) is 7.13. The van der Waals surface area contributed by atoms with Gasteiger partial charge in [-0.25, -0.2) is 18.7 Å². The summed E-state index contributed by atoms with van der Waals surface area (Å²) in [7, 11) is 0. The highest BCUT2D eigenvalue weighted by Gasteiger charge is 2.28. The SMILES string of the molecule is Nc1[nH]c(=O)c(C(=O)O)c(-c2cc(F)ccc2-n2cccn2)c1C(=O)O. The van der Waals surface area contributed by atoms with Crippen LogP contribution in [0.5, 0.6) is 0 Å². The molecule has 1 aromatic carbocycles. The van der Waals surface area contributed by atoms with Crippen molar-refractivity contribution in [2.45, 2.75) is 0 Å². The van der Waals surface area contributed by atoms with Crippen LogP contribution in [0.1, 0.15) is 20.7 Å². The number of halogens is 1. The standard InChI is InChI=1S/C16H11FN4O5/c17-7-2-3-9(21-5-1-4-19-21)8(6-7)10-11(15(23)24)13(18)20-14(22)12(10)16(25)26/h1-6H,(H,23,24)(H,25,26)(H3,18,20,22). The van der Waals surface area contributed by atoms with Crippen molar-refractivity contribution in [3.05, 3.63) is 64.0 Å². The molecular weight excluding hydrogens is 347 g/mol. The summed E-state index contributed by atoms with van der Waals surface area (Å²) in [6, 6.07) is 4.86. The van der Waals surface area contributed by atoms with Gasteiger partial charge in [0.1, 0.15) is 22.8 Å². The van der Waals surface area contributed by atoms with E-state index in [9.17, 15) is 29.0 Å². The molecule has 2 heterocycles. The summed E-state index contributed by atoms with van der Waals surface area (Å²) >= 11 is 0. The van der Waals surface area contributed by atoms with Gasteiger partial charge in [-0.05, 0) is 24.3 Å². The highest BCUT2D eigenvalue weighted by Crippen LogP contribution is 2.34. The summed E-state index contributed by atoms with van der Waals surface area (Å²) in [6.45, 7) is 0. The van der Waals surface area contributed by atoms with Crippen molar-refractivity contribution in [1.82, 2.24) is 14.8 Å². The number of aromatic carboxylic acids is 2. The molecule has 0 aliphatic carbocycles. The fraction of sp³-hybridized carbons (Fsp3) is 0. The number of aromatic nitrogens is 3. The van der Waals surface area contributed by atoms with Gasteiger partial charge in [-0.2, -0.15) is 5.10 Å². The first-order valence-electron chi connectivity index (χ1n) is 7.13. The van der Waals surface area contributed by atoms with Gasteiger partial charge in [0.25, 0.3) is 5.56 Å². The molecule has 2 aromatic heterocycles. The van der Waals surface area contributed by atoms with E-state index in [1.54, 1.807) is 6.07 Å². The molecule has 0 radical (unpaired) electrons. The van der Waals surface area contributed by atoms with Gasteiger partial charge in [-0.3, -0.25) is 4.79 Å². The molecule has 0 spiro atoms. The van der Waals surface area contributed by atoms with E-state index >= 15 is 0 Å². The predicted octanol–water partition coefficient (Wildman–Crippen LogP) is 1.35. The van der Waals surface area contributed by atoms with Crippen molar-refractivity contribution in [1.29, 1.82) is 0 Å². The van der Waals surface area contributed by atoms with Crippen LogP contribution in [0, 0.1) is 5.82 Å². The molecule has 5 N–H and O–H groups in total. The molecule has 0 fully saturated rings. The number of rotatable bonds is 4. The van der Waals surface area contributed by atoms with E-state index in [-0.39, 0.29) is 11.3 Å².